The molecule has 0 aliphatic rings. The summed E-state index contributed by atoms with van der Waals surface area (Å²) in [5, 5.41) is 0.873. The fraction of sp³-hybridized carbons (Fsp3) is 0.538. The number of carbonyl (C=O) groups is 1. The fourth-order valence-corrected chi connectivity index (χ4v) is 2.30. The molecule has 0 aliphatic heterocycles. The van der Waals surface area contributed by atoms with E-state index in [4.69, 9.17) is 0 Å². The summed E-state index contributed by atoms with van der Waals surface area (Å²) in [6.45, 7) is 6.78. The van der Waals surface area contributed by atoms with Crippen molar-refractivity contribution in [1.29, 1.82) is 0 Å². The number of unbranched alkanes of at least 4 members (excludes halogenated alkanes) is 1. The number of aromatic nitrogens is 1. The van der Waals surface area contributed by atoms with Crippen LogP contribution in [-0.4, -0.2) is 21.7 Å². The Morgan fingerprint density at radius 1 is 1.47 bits per heavy atom. The summed E-state index contributed by atoms with van der Waals surface area (Å²) in [5.74, 6) is 0.206. The first-order valence-corrected chi connectivity index (χ1v) is 6.83. The third-order valence-corrected chi connectivity index (χ3v) is 3.31. The van der Waals surface area contributed by atoms with Gasteiger partial charge in [0.1, 0.15) is 5.03 Å². The molecule has 0 N–H and O–H groups in total. The molecule has 0 radical (unpaired) electrons. The molecule has 0 saturated heterocycles. The van der Waals surface area contributed by atoms with Crippen molar-refractivity contribution >= 4 is 17.9 Å². The molecule has 0 unspecified atom stereocenters. The van der Waals surface area contributed by atoms with Crippen molar-refractivity contribution in [2.75, 3.05) is 6.54 Å². The normalized spacial score (nSPS) is 10.6. The molecule has 17 heavy (non-hydrogen) atoms. The average molecular weight is 252 g/mol. The molecule has 1 aromatic heterocycles. The Kier molecular flexibility index (Phi) is 6.05. The SMILES string of the molecule is CCCCN(Sc1ccccn1)C(=O)C(C)C. The predicted octanol–water partition coefficient (Wildman–Crippen LogP) is 3.37. The number of carbonyl (C=O) groups excluding carboxylic acids is 1. The van der Waals surface area contributed by atoms with Crippen molar-refractivity contribution in [2.45, 2.75) is 38.6 Å². The number of hydrogen-bond acceptors (Lipinski definition) is 3. The van der Waals surface area contributed by atoms with Crippen LogP contribution in [-0.2, 0) is 4.79 Å². The van der Waals surface area contributed by atoms with Crippen LogP contribution in [0.1, 0.15) is 33.6 Å². The smallest absolute Gasteiger partial charge is 0.235 e. The number of amides is 1. The zero-order valence-corrected chi connectivity index (χ0v) is 11.5. The van der Waals surface area contributed by atoms with E-state index in [1.807, 2.05) is 36.4 Å². The summed E-state index contributed by atoms with van der Waals surface area (Å²) < 4.78 is 1.83. The molecule has 1 heterocycles. The van der Waals surface area contributed by atoms with Crippen LogP contribution in [0, 0.1) is 5.92 Å². The highest BCUT2D eigenvalue weighted by Gasteiger charge is 2.18. The highest BCUT2D eigenvalue weighted by atomic mass is 32.2. The molecule has 4 heteroatoms. The Bertz CT molecular complexity index is 341. The van der Waals surface area contributed by atoms with E-state index in [1.54, 1.807) is 6.20 Å². The lowest BCUT2D eigenvalue weighted by atomic mass is 10.2. The summed E-state index contributed by atoms with van der Waals surface area (Å²) in [5.41, 5.74) is 0. The largest absolute Gasteiger partial charge is 0.281 e. The summed E-state index contributed by atoms with van der Waals surface area (Å²) >= 11 is 1.44. The van der Waals surface area contributed by atoms with Crippen LogP contribution in [0.25, 0.3) is 0 Å². The Morgan fingerprint density at radius 2 is 2.24 bits per heavy atom. The van der Waals surface area contributed by atoms with E-state index in [2.05, 4.69) is 11.9 Å². The quantitative estimate of drug-likeness (QED) is 0.728. The van der Waals surface area contributed by atoms with Crippen molar-refractivity contribution in [1.82, 2.24) is 9.29 Å². The van der Waals surface area contributed by atoms with Gasteiger partial charge in [0.05, 0.1) is 0 Å². The molecule has 0 spiro atoms. The molecular weight excluding hydrogens is 232 g/mol. The van der Waals surface area contributed by atoms with E-state index < -0.39 is 0 Å². The predicted molar refractivity (Wildman–Crippen MR) is 71.6 cm³/mol. The minimum atomic E-state index is 0.0306. The minimum absolute atomic E-state index is 0.0306. The van der Waals surface area contributed by atoms with Gasteiger partial charge in [-0.3, -0.25) is 9.10 Å². The summed E-state index contributed by atoms with van der Waals surface area (Å²) in [6, 6.07) is 5.75. The third kappa shape index (κ3) is 4.77. The molecule has 0 atom stereocenters. The monoisotopic (exact) mass is 252 g/mol. The van der Waals surface area contributed by atoms with Crippen LogP contribution in [0.2, 0.25) is 0 Å². The Hall–Kier alpha value is -1.03. The Balaban J connectivity index is 2.66. The van der Waals surface area contributed by atoms with Crippen LogP contribution in [0.5, 0.6) is 0 Å². The van der Waals surface area contributed by atoms with Gasteiger partial charge in [0, 0.05) is 30.6 Å². The molecule has 1 rings (SSSR count). The molecular formula is C13H20N2OS. The van der Waals surface area contributed by atoms with Crippen LogP contribution < -0.4 is 0 Å². The van der Waals surface area contributed by atoms with Gasteiger partial charge in [0.2, 0.25) is 5.91 Å². The molecule has 1 amide bonds. The third-order valence-electron chi connectivity index (χ3n) is 2.30. The maximum Gasteiger partial charge on any atom is 0.235 e. The molecule has 0 bridgehead atoms. The lowest BCUT2D eigenvalue weighted by Gasteiger charge is -2.22. The highest BCUT2D eigenvalue weighted by Crippen LogP contribution is 2.22. The molecule has 0 saturated carbocycles. The molecule has 0 aliphatic carbocycles. The lowest BCUT2D eigenvalue weighted by molar-refractivity contribution is -0.129. The van der Waals surface area contributed by atoms with Gasteiger partial charge in [0.25, 0.3) is 0 Å². The first kappa shape index (κ1) is 14.0. The van der Waals surface area contributed by atoms with E-state index in [0.29, 0.717) is 0 Å². The van der Waals surface area contributed by atoms with E-state index in [-0.39, 0.29) is 11.8 Å². The van der Waals surface area contributed by atoms with Crippen LogP contribution in [0.4, 0.5) is 0 Å². The second-order valence-corrected chi connectivity index (χ2v) is 5.25. The van der Waals surface area contributed by atoms with Crippen molar-refractivity contribution in [2.24, 2.45) is 5.92 Å². The van der Waals surface area contributed by atoms with Crippen molar-refractivity contribution in [3.8, 4) is 0 Å². The number of rotatable bonds is 6. The summed E-state index contributed by atoms with van der Waals surface area (Å²) in [7, 11) is 0. The van der Waals surface area contributed by atoms with Crippen LogP contribution in [0.3, 0.4) is 0 Å². The van der Waals surface area contributed by atoms with Gasteiger partial charge in [-0.25, -0.2) is 4.98 Å². The second-order valence-electron chi connectivity index (χ2n) is 4.21. The zero-order chi connectivity index (χ0) is 12.7. The van der Waals surface area contributed by atoms with Gasteiger partial charge in [0.15, 0.2) is 0 Å². The zero-order valence-electron chi connectivity index (χ0n) is 10.7. The van der Waals surface area contributed by atoms with Gasteiger partial charge >= 0.3 is 0 Å². The second kappa shape index (κ2) is 7.33. The molecule has 0 fully saturated rings. The van der Waals surface area contributed by atoms with Gasteiger partial charge in [-0.2, -0.15) is 0 Å². The standard InChI is InChI=1S/C13H20N2OS/c1-4-5-10-15(13(16)11(2)3)17-12-8-6-7-9-14-12/h6-9,11H,4-5,10H2,1-3H3. The van der Waals surface area contributed by atoms with E-state index in [9.17, 15) is 4.79 Å². The molecule has 3 nitrogen and oxygen atoms in total. The van der Waals surface area contributed by atoms with E-state index >= 15 is 0 Å². The topological polar surface area (TPSA) is 33.2 Å². The maximum atomic E-state index is 12.0. The summed E-state index contributed by atoms with van der Waals surface area (Å²) in [6.07, 6.45) is 3.86. The Morgan fingerprint density at radius 3 is 2.76 bits per heavy atom. The van der Waals surface area contributed by atoms with Crippen molar-refractivity contribution in [3.63, 3.8) is 0 Å². The molecule has 94 valence electrons. The van der Waals surface area contributed by atoms with E-state index in [1.165, 1.54) is 11.9 Å². The van der Waals surface area contributed by atoms with E-state index in [0.717, 1.165) is 24.4 Å². The average Bonchev–Trinajstić information content (AvgIpc) is 2.34. The highest BCUT2D eigenvalue weighted by molar-refractivity contribution is 7.97. The molecule has 1 aromatic rings. The van der Waals surface area contributed by atoms with Gasteiger partial charge in [-0.05, 0) is 18.6 Å². The molecule has 0 aromatic carbocycles. The number of hydrogen-bond donors (Lipinski definition) is 0. The summed E-state index contributed by atoms with van der Waals surface area (Å²) in [4.78, 5) is 16.3. The van der Waals surface area contributed by atoms with Crippen LogP contribution in [0.15, 0.2) is 29.4 Å². The van der Waals surface area contributed by atoms with Crippen LogP contribution >= 0.6 is 11.9 Å². The Labute approximate surface area is 108 Å². The number of pyridine rings is 1. The van der Waals surface area contributed by atoms with Gasteiger partial charge < -0.3 is 0 Å². The number of nitrogens with zero attached hydrogens (tertiary/aromatic N) is 2. The first-order chi connectivity index (χ1) is 8.15. The maximum absolute atomic E-state index is 12.0. The van der Waals surface area contributed by atoms with Crippen molar-refractivity contribution in [3.05, 3.63) is 24.4 Å². The first-order valence-electron chi connectivity index (χ1n) is 6.05. The fourth-order valence-electron chi connectivity index (χ4n) is 1.30. The van der Waals surface area contributed by atoms with Gasteiger partial charge in [-0.1, -0.05) is 33.3 Å². The minimum Gasteiger partial charge on any atom is -0.281 e. The van der Waals surface area contributed by atoms with Gasteiger partial charge in [-0.15, -0.1) is 0 Å². The lowest BCUT2D eigenvalue weighted by Crippen LogP contribution is -2.29. The van der Waals surface area contributed by atoms with Crippen molar-refractivity contribution < 1.29 is 4.79 Å².